The molecule has 0 aliphatic carbocycles. The van der Waals surface area contributed by atoms with Gasteiger partial charge >= 0.3 is 0 Å². The Labute approximate surface area is 128 Å². The van der Waals surface area contributed by atoms with Crippen molar-refractivity contribution in [2.24, 2.45) is 0 Å². The van der Waals surface area contributed by atoms with Gasteiger partial charge in [-0.25, -0.2) is 12.8 Å². The number of aromatic nitrogens is 1. The van der Waals surface area contributed by atoms with Crippen LogP contribution < -0.4 is 0 Å². The SMILES string of the molecule is CN(Cc1cccnc1)S(=O)(=O)c1cc(F)ccc1CCl. The van der Waals surface area contributed by atoms with Crippen LogP contribution in [0.3, 0.4) is 0 Å². The molecule has 0 spiro atoms. The van der Waals surface area contributed by atoms with Gasteiger partial charge in [-0.3, -0.25) is 4.98 Å². The molecule has 7 heteroatoms. The van der Waals surface area contributed by atoms with Gasteiger partial charge in [0.25, 0.3) is 0 Å². The zero-order valence-electron chi connectivity index (χ0n) is 11.3. The normalized spacial score (nSPS) is 11.8. The summed E-state index contributed by atoms with van der Waals surface area (Å²) < 4.78 is 39.6. The van der Waals surface area contributed by atoms with E-state index in [0.29, 0.717) is 5.56 Å². The van der Waals surface area contributed by atoms with Crippen LogP contribution >= 0.6 is 11.6 Å². The van der Waals surface area contributed by atoms with Crippen LogP contribution in [-0.2, 0) is 22.4 Å². The maximum Gasteiger partial charge on any atom is 0.243 e. The first-order valence-corrected chi connectivity index (χ1v) is 8.12. The molecule has 4 nitrogen and oxygen atoms in total. The minimum absolute atomic E-state index is 0.00439. The van der Waals surface area contributed by atoms with E-state index in [0.717, 1.165) is 15.9 Å². The van der Waals surface area contributed by atoms with Gasteiger partial charge in [0.1, 0.15) is 5.82 Å². The summed E-state index contributed by atoms with van der Waals surface area (Å²) in [6.07, 6.45) is 3.19. The van der Waals surface area contributed by atoms with E-state index in [-0.39, 0.29) is 17.3 Å². The van der Waals surface area contributed by atoms with Crippen LogP contribution in [0.4, 0.5) is 4.39 Å². The standard InChI is InChI=1S/C14H14ClFN2O2S/c1-18(10-11-3-2-6-17-9-11)21(19,20)14-7-13(16)5-4-12(14)8-15/h2-7,9H,8,10H2,1H3. The van der Waals surface area contributed by atoms with Gasteiger partial charge in [0.05, 0.1) is 4.90 Å². The van der Waals surface area contributed by atoms with E-state index in [4.69, 9.17) is 11.6 Å². The molecule has 0 saturated heterocycles. The average Bonchev–Trinajstić information content (AvgIpc) is 2.48. The van der Waals surface area contributed by atoms with E-state index in [1.165, 1.54) is 19.2 Å². The first-order valence-electron chi connectivity index (χ1n) is 6.15. The summed E-state index contributed by atoms with van der Waals surface area (Å²) in [5.74, 6) is -0.618. The van der Waals surface area contributed by atoms with Gasteiger partial charge in [0.2, 0.25) is 10.0 Å². The maximum absolute atomic E-state index is 13.4. The molecule has 0 atom stereocenters. The van der Waals surface area contributed by atoms with Crippen LogP contribution in [0.25, 0.3) is 0 Å². The Morgan fingerprint density at radius 1 is 1.33 bits per heavy atom. The summed E-state index contributed by atoms with van der Waals surface area (Å²) in [7, 11) is -2.39. The average molecular weight is 329 g/mol. The number of sulfonamides is 1. The van der Waals surface area contributed by atoms with Gasteiger partial charge in [-0.2, -0.15) is 4.31 Å². The molecule has 0 unspecified atom stereocenters. The highest BCUT2D eigenvalue weighted by molar-refractivity contribution is 7.89. The summed E-state index contributed by atoms with van der Waals surface area (Å²) in [6.45, 7) is 0.147. The zero-order valence-corrected chi connectivity index (χ0v) is 12.9. The smallest absolute Gasteiger partial charge is 0.243 e. The van der Waals surface area contributed by atoms with Gasteiger partial charge in [0.15, 0.2) is 0 Å². The molecular formula is C14H14ClFN2O2S. The molecule has 1 heterocycles. The number of hydrogen-bond acceptors (Lipinski definition) is 3. The van der Waals surface area contributed by atoms with E-state index in [1.807, 2.05) is 0 Å². The summed E-state index contributed by atoms with van der Waals surface area (Å²) >= 11 is 5.74. The Morgan fingerprint density at radius 3 is 2.71 bits per heavy atom. The molecule has 0 N–H and O–H groups in total. The van der Waals surface area contributed by atoms with Gasteiger partial charge in [-0.05, 0) is 29.3 Å². The van der Waals surface area contributed by atoms with Crippen molar-refractivity contribution < 1.29 is 12.8 Å². The highest BCUT2D eigenvalue weighted by Crippen LogP contribution is 2.23. The lowest BCUT2D eigenvalue weighted by atomic mass is 10.2. The van der Waals surface area contributed by atoms with Crippen molar-refractivity contribution in [3.8, 4) is 0 Å². The molecule has 0 saturated carbocycles. The molecule has 0 fully saturated rings. The minimum Gasteiger partial charge on any atom is -0.264 e. The predicted molar refractivity (Wildman–Crippen MR) is 78.8 cm³/mol. The van der Waals surface area contributed by atoms with E-state index >= 15 is 0 Å². The Hall–Kier alpha value is -1.50. The molecule has 112 valence electrons. The number of alkyl halides is 1. The lowest BCUT2D eigenvalue weighted by molar-refractivity contribution is 0.465. The summed E-state index contributed by atoms with van der Waals surface area (Å²) in [5, 5.41) is 0. The molecule has 2 rings (SSSR count). The van der Waals surface area contributed by atoms with Crippen LogP contribution in [0.5, 0.6) is 0 Å². The third-order valence-electron chi connectivity index (χ3n) is 2.99. The largest absolute Gasteiger partial charge is 0.264 e. The van der Waals surface area contributed by atoms with Crippen molar-refractivity contribution in [3.05, 3.63) is 59.7 Å². The molecule has 0 aliphatic rings. The Balaban J connectivity index is 2.35. The van der Waals surface area contributed by atoms with Crippen LogP contribution in [0, 0.1) is 5.82 Å². The Morgan fingerprint density at radius 2 is 2.10 bits per heavy atom. The van der Waals surface area contributed by atoms with E-state index in [2.05, 4.69) is 4.98 Å². The van der Waals surface area contributed by atoms with Crippen molar-refractivity contribution in [3.63, 3.8) is 0 Å². The fourth-order valence-corrected chi connectivity index (χ4v) is 3.58. The summed E-state index contributed by atoms with van der Waals surface area (Å²) in [4.78, 5) is 3.83. The lowest BCUT2D eigenvalue weighted by Gasteiger charge is -2.19. The molecule has 0 bridgehead atoms. The van der Waals surface area contributed by atoms with E-state index < -0.39 is 15.8 Å². The second-order valence-corrected chi connectivity index (χ2v) is 6.79. The number of hydrogen-bond donors (Lipinski definition) is 0. The van der Waals surface area contributed by atoms with Gasteiger partial charge in [0, 0.05) is 31.9 Å². The monoisotopic (exact) mass is 328 g/mol. The molecule has 1 aromatic heterocycles. The predicted octanol–water partition coefficient (Wildman–Crippen LogP) is 2.78. The highest BCUT2D eigenvalue weighted by Gasteiger charge is 2.24. The number of nitrogens with zero attached hydrogens (tertiary/aromatic N) is 2. The molecule has 1 aromatic carbocycles. The van der Waals surface area contributed by atoms with Gasteiger partial charge < -0.3 is 0 Å². The van der Waals surface area contributed by atoms with Crippen LogP contribution in [0.15, 0.2) is 47.6 Å². The number of benzene rings is 1. The summed E-state index contributed by atoms with van der Waals surface area (Å²) in [6, 6.07) is 7.06. The minimum atomic E-state index is -3.82. The molecule has 0 amide bonds. The van der Waals surface area contributed by atoms with Crippen LogP contribution in [0.1, 0.15) is 11.1 Å². The van der Waals surface area contributed by atoms with Crippen molar-refractivity contribution >= 4 is 21.6 Å². The molecule has 0 radical (unpaired) electrons. The second kappa shape index (κ2) is 6.51. The quantitative estimate of drug-likeness (QED) is 0.793. The number of rotatable bonds is 5. The lowest BCUT2D eigenvalue weighted by Crippen LogP contribution is -2.27. The number of halogens is 2. The molecule has 0 aliphatic heterocycles. The van der Waals surface area contributed by atoms with Crippen molar-refractivity contribution in [1.82, 2.24) is 9.29 Å². The third-order valence-corrected chi connectivity index (χ3v) is 5.16. The van der Waals surface area contributed by atoms with Crippen molar-refractivity contribution in [2.45, 2.75) is 17.3 Å². The number of pyridine rings is 1. The van der Waals surface area contributed by atoms with Crippen molar-refractivity contribution in [1.29, 1.82) is 0 Å². The topological polar surface area (TPSA) is 50.3 Å². The molecular weight excluding hydrogens is 315 g/mol. The second-order valence-electron chi connectivity index (χ2n) is 4.51. The summed E-state index contributed by atoms with van der Waals surface area (Å²) in [5.41, 5.74) is 1.11. The van der Waals surface area contributed by atoms with E-state index in [9.17, 15) is 12.8 Å². The molecule has 21 heavy (non-hydrogen) atoms. The first kappa shape index (κ1) is 15.9. The fourth-order valence-electron chi connectivity index (χ4n) is 1.88. The van der Waals surface area contributed by atoms with E-state index in [1.54, 1.807) is 24.5 Å². The third kappa shape index (κ3) is 3.58. The first-order chi connectivity index (χ1) is 9.95. The van der Waals surface area contributed by atoms with Gasteiger partial charge in [-0.1, -0.05) is 12.1 Å². The highest BCUT2D eigenvalue weighted by atomic mass is 35.5. The molecule has 2 aromatic rings. The van der Waals surface area contributed by atoms with Gasteiger partial charge in [-0.15, -0.1) is 11.6 Å². The maximum atomic E-state index is 13.4. The fraction of sp³-hybridized carbons (Fsp3) is 0.214. The van der Waals surface area contributed by atoms with Crippen molar-refractivity contribution in [2.75, 3.05) is 7.05 Å². The van der Waals surface area contributed by atoms with Crippen LogP contribution in [0.2, 0.25) is 0 Å². The Kier molecular flexibility index (Phi) is 4.92. The van der Waals surface area contributed by atoms with Crippen LogP contribution in [-0.4, -0.2) is 24.8 Å². The Bertz CT molecular complexity index is 723. The zero-order chi connectivity index (χ0) is 15.5.